The molecule has 0 saturated heterocycles. The van der Waals surface area contributed by atoms with Crippen molar-refractivity contribution in [2.75, 3.05) is 9.80 Å². The Morgan fingerprint density at radius 2 is 1.58 bits per heavy atom. The van der Waals surface area contributed by atoms with Crippen LogP contribution in [0.1, 0.15) is 70.1 Å². The largest absolute Gasteiger partial charge is 0.278 e. The van der Waals surface area contributed by atoms with Gasteiger partial charge < -0.3 is 0 Å². The van der Waals surface area contributed by atoms with Crippen molar-refractivity contribution >= 4 is 35.5 Å². The van der Waals surface area contributed by atoms with Crippen LogP contribution in [-0.2, 0) is 27.2 Å². The van der Waals surface area contributed by atoms with E-state index in [9.17, 15) is 19.2 Å². The van der Waals surface area contributed by atoms with E-state index < -0.39 is 0 Å². The smallest absolute Gasteiger partial charge is 0.265 e. The van der Waals surface area contributed by atoms with E-state index in [-0.39, 0.29) is 29.6 Å². The predicted molar refractivity (Wildman–Crippen MR) is 136 cm³/mol. The number of rotatable bonds is 4. The maximum atomic E-state index is 13.4. The molecule has 6 nitrogen and oxygen atoms in total. The maximum Gasteiger partial charge on any atom is 0.265 e. The third kappa shape index (κ3) is 3.48. The fraction of sp³-hybridized carbons (Fsp3) is 0.267. The standard InChI is InChI=1S/C30H26N2O4/c33-18-31(28(34)24-11-3-7-19-6-1-2-10-23(19)24)21-14-16-22(17-15-21)32-29(35)25-12-4-8-20-9-5-13-26(27(20)25)30(32)36/h1-2,4,6,8,10,12,14-18,24,26H,3,5,7,9,11,13H2. The molecule has 3 aliphatic rings. The van der Waals surface area contributed by atoms with Gasteiger partial charge in [-0.2, -0.15) is 0 Å². The van der Waals surface area contributed by atoms with Gasteiger partial charge in [-0.25, -0.2) is 4.90 Å². The van der Waals surface area contributed by atoms with Crippen LogP contribution in [0.25, 0.3) is 0 Å². The minimum atomic E-state index is -0.373. The van der Waals surface area contributed by atoms with Crippen LogP contribution in [0.15, 0.2) is 66.7 Å². The molecule has 0 aromatic heterocycles. The molecule has 3 aromatic rings. The first-order valence-corrected chi connectivity index (χ1v) is 12.5. The van der Waals surface area contributed by atoms with Crippen LogP contribution in [0.4, 0.5) is 11.4 Å². The SMILES string of the molecule is O=CN(C(=O)C1CCCc2ccccc21)c1ccc(N2C(=O)c3cccc4c3C(CCC4)C2=O)cc1. The summed E-state index contributed by atoms with van der Waals surface area (Å²) in [6, 6.07) is 20.1. The van der Waals surface area contributed by atoms with Gasteiger partial charge in [0.25, 0.3) is 5.91 Å². The second-order valence-electron chi connectivity index (χ2n) is 9.78. The van der Waals surface area contributed by atoms with Crippen LogP contribution in [-0.4, -0.2) is 24.1 Å². The predicted octanol–water partition coefficient (Wildman–Crippen LogP) is 4.90. The second-order valence-corrected chi connectivity index (χ2v) is 9.78. The molecule has 0 bridgehead atoms. The van der Waals surface area contributed by atoms with Crippen LogP contribution < -0.4 is 9.80 Å². The molecule has 0 N–H and O–H groups in total. The van der Waals surface area contributed by atoms with Crippen LogP contribution in [0.2, 0.25) is 0 Å². The van der Waals surface area contributed by atoms with E-state index in [2.05, 4.69) is 0 Å². The summed E-state index contributed by atoms with van der Waals surface area (Å²) >= 11 is 0. The lowest BCUT2D eigenvalue weighted by Gasteiger charge is -2.36. The lowest BCUT2D eigenvalue weighted by Crippen LogP contribution is -2.46. The zero-order valence-corrected chi connectivity index (χ0v) is 19.9. The number of nitrogens with zero attached hydrogens (tertiary/aromatic N) is 2. The Hall–Kier alpha value is -4.06. The Morgan fingerprint density at radius 3 is 2.39 bits per heavy atom. The molecule has 4 amide bonds. The van der Waals surface area contributed by atoms with Crippen molar-refractivity contribution in [2.24, 2.45) is 0 Å². The van der Waals surface area contributed by atoms with Gasteiger partial charge in [-0.3, -0.25) is 24.1 Å². The number of hydrogen-bond donors (Lipinski definition) is 0. The van der Waals surface area contributed by atoms with E-state index in [1.165, 1.54) is 4.90 Å². The molecule has 2 aliphatic carbocycles. The van der Waals surface area contributed by atoms with Crippen molar-refractivity contribution < 1.29 is 19.2 Å². The number of imide groups is 2. The molecule has 0 fully saturated rings. The lowest BCUT2D eigenvalue weighted by atomic mass is 9.77. The van der Waals surface area contributed by atoms with Crippen LogP contribution >= 0.6 is 0 Å². The topological polar surface area (TPSA) is 74.8 Å². The van der Waals surface area contributed by atoms with Crippen LogP contribution in [0.5, 0.6) is 0 Å². The number of anilines is 2. The first kappa shape index (κ1) is 22.4. The van der Waals surface area contributed by atoms with E-state index in [0.29, 0.717) is 29.8 Å². The molecule has 2 atom stereocenters. The quantitative estimate of drug-likeness (QED) is 0.395. The normalized spacial score (nSPS) is 20.4. The van der Waals surface area contributed by atoms with E-state index >= 15 is 0 Å². The van der Waals surface area contributed by atoms with Crippen molar-refractivity contribution in [2.45, 2.75) is 50.4 Å². The van der Waals surface area contributed by atoms with Gasteiger partial charge in [-0.05, 0) is 91.1 Å². The highest BCUT2D eigenvalue weighted by atomic mass is 16.2. The number of carbonyl (C=O) groups excluding carboxylic acids is 4. The summed E-state index contributed by atoms with van der Waals surface area (Å²) in [6.45, 7) is 0. The van der Waals surface area contributed by atoms with Gasteiger partial charge in [0.2, 0.25) is 18.2 Å². The Morgan fingerprint density at radius 1 is 0.861 bits per heavy atom. The Bertz CT molecular complexity index is 1390. The van der Waals surface area contributed by atoms with Gasteiger partial charge in [0.1, 0.15) is 0 Å². The minimum Gasteiger partial charge on any atom is -0.278 e. The van der Waals surface area contributed by atoms with Crippen LogP contribution in [0, 0.1) is 0 Å². The van der Waals surface area contributed by atoms with Gasteiger partial charge >= 0.3 is 0 Å². The summed E-state index contributed by atoms with van der Waals surface area (Å²) in [5, 5.41) is 0. The van der Waals surface area contributed by atoms with E-state index in [1.807, 2.05) is 36.4 Å². The second kappa shape index (κ2) is 8.86. The minimum absolute atomic E-state index is 0.213. The number of benzene rings is 3. The molecular weight excluding hydrogens is 452 g/mol. The number of hydrogen-bond acceptors (Lipinski definition) is 4. The molecule has 180 valence electrons. The molecule has 1 aliphatic heterocycles. The third-order valence-corrected chi connectivity index (χ3v) is 7.83. The summed E-state index contributed by atoms with van der Waals surface area (Å²) in [5.41, 5.74) is 5.54. The molecule has 6 heteroatoms. The Kier molecular flexibility index (Phi) is 5.52. The first-order valence-electron chi connectivity index (χ1n) is 12.5. The van der Waals surface area contributed by atoms with E-state index in [4.69, 9.17) is 0 Å². The summed E-state index contributed by atoms with van der Waals surface area (Å²) < 4.78 is 0. The summed E-state index contributed by atoms with van der Waals surface area (Å²) in [7, 11) is 0. The fourth-order valence-electron chi connectivity index (χ4n) is 6.12. The Labute approximate surface area is 209 Å². The molecular formula is C30H26N2O4. The lowest BCUT2D eigenvalue weighted by molar-refractivity contribution is -0.123. The maximum absolute atomic E-state index is 13.4. The van der Waals surface area contributed by atoms with E-state index in [1.54, 1.807) is 30.3 Å². The monoisotopic (exact) mass is 478 g/mol. The molecule has 0 spiro atoms. The number of amides is 4. The van der Waals surface area contributed by atoms with Crippen molar-refractivity contribution in [1.82, 2.24) is 0 Å². The van der Waals surface area contributed by atoms with Gasteiger partial charge in [-0.1, -0.05) is 36.4 Å². The van der Waals surface area contributed by atoms with Gasteiger partial charge in [0.15, 0.2) is 0 Å². The van der Waals surface area contributed by atoms with Crippen molar-refractivity contribution in [3.8, 4) is 0 Å². The van der Waals surface area contributed by atoms with Gasteiger partial charge in [-0.15, -0.1) is 0 Å². The molecule has 36 heavy (non-hydrogen) atoms. The van der Waals surface area contributed by atoms with Gasteiger partial charge in [0.05, 0.1) is 23.2 Å². The molecule has 0 radical (unpaired) electrons. The summed E-state index contributed by atoms with van der Waals surface area (Å²) in [6.07, 6.45) is 5.58. The number of aryl methyl sites for hydroxylation is 2. The van der Waals surface area contributed by atoms with E-state index in [0.717, 1.165) is 59.3 Å². The first-order chi connectivity index (χ1) is 17.6. The average molecular weight is 479 g/mol. The highest BCUT2D eigenvalue weighted by Crippen LogP contribution is 2.41. The fourth-order valence-corrected chi connectivity index (χ4v) is 6.12. The summed E-state index contributed by atoms with van der Waals surface area (Å²) in [4.78, 5) is 54.6. The zero-order chi connectivity index (χ0) is 24.8. The van der Waals surface area contributed by atoms with Crippen LogP contribution in [0.3, 0.4) is 0 Å². The number of fused-ring (bicyclic) bond motifs is 1. The molecule has 0 saturated carbocycles. The van der Waals surface area contributed by atoms with Crippen molar-refractivity contribution in [1.29, 1.82) is 0 Å². The molecule has 6 rings (SSSR count). The molecule has 2 unspecified atom stereocenters. The average Bonchev–Trinajstić information content (AvgIpc) is 2.92. The third-order valence-electron chi connectivity index (χ3n) is 7.83. The summed E-state index contributed by atoms with van der Waals surface area (Å²) in [5.74, 6) is -1.50. The molecule has 1 heterocycles. The molecule has 3 aromatic carbocycles. The van der Waals surface area contributed by atoms with Crippen molar-refractivity contribution in [3.63, 3.8) is 0 Å². The van der Waals surface area contributed by atoms with Gasteiger partial charge in [0, 0.05) is 5.56 Å². The van der Waals surface area contributed by atoms with Crippen molar-refractivity contribution in [3.05, 3.63) is 94.5 Å². The highest BCUT2D eigenvalue weighted by molar-refractivity contribution is 6.26. The highest BCUT2D eigenvalue weighted by Gasteiger charge is 2.42. The Balaban J connectivity index is 1.30. The number of carbonyl (C=O) groups is 4. The zero-order valence-electron chi connectivity index (χ0n) is 19.9.